The average molecular weight is 1060 g/mol. The summed E-state index contributed by atoms with van der Waals surface area (Å²) >= 11 is 0. The first-order valence-corrected chi connectivity index (χ1v) is 27.7. The van der Waals surface area contributed by atoms with Crippen LogP contribution in [0.4, 0.5) is 22.7 Å². The Hall–Kier alpha value is -8.11. The second-order valence-electron chi connectivity index (χ2n) is 26.2. The number of fused-ring (bicyclic) bond motifs is 5. The first-order chi connectivity index (χ1) is 42.9. The van der Waals surface area contributed by atoms with Crippen molar-refractivity contribution in [2.45, 2.75) is 137 Å². The zero-order valence-corrected chi connectivity index (χ0v) is 48.2. The summed E-state index contributed by atoms with van der Waals surface area (Å²) in [4.78, 5) is 4.95. The largest absolute Gasteiger partial charge is 0.503 e. The Bertz CT molecular complexity index is 4810. The number of ether oxygens (including phenoxy) is 1. The highest BCUT2D eigenvalue weighted by atomic mass is 16.5. The summed E-state index contributed by atoms with van der Waals surface area (Å²) in [6.45, 7) is 25.8. The fourth-order valence-electron chi connectivity index (χ4n) is 11.5. The first-order valence-electron chi connectivity index (χ1n) is 33.7. The normalized spacial score (nSPS) is 17.2. The van der Waals surface area contributed by atoms with Crippen LogP contribution in [0.15, 0.2) is 182 Å². The lowest BCUT2D eigenvalue weighted by molar-refractivity contribution is 0.332. The van der Waals surface area contributed by atoms with Gasteiger partial charge in [-0.2, -0.15) is 0 Å². The predicted molar refractivity (Wildman–Crippen MR) is 338 cm³/mol. The monoisotopic (exact) mass is 1060 g/mol. The van der Waals surface area contributed by atoms with E-state index in [0.29, 0.717) is 50.6 Å². The molecule has 0 bridgehead atoms. The molecule has 0 saturated heterocycles. The van der Waals surface area contributed by atoms with Gasteiger partial charge >= 0.3 is 6.01 Å². The molecule has 0 N–H and O–H groups in total. The topological polar surface area (TPSA) is 33.1 Å². The van der Waals surface area contributed by atoms with Crippen LogP contribution in [0.5, 0.6) is 11.5 Å². The molecule has 0 radical (unpaired) electrons. The highest BCUT2D eigenvalue weighted by molar-refractivity contribution is 6.09. The highest BCUT2D eigenvalue weighted by Gasteiger charge is 2.41. The lowest BCUT2D eigenvalue weighted by Crippen LogP contribution is -2.33. The Labute approximate surface area is 491 Å². The standard InChI is InChI=1S/C75H76N4O/c1-48-37-69(76-46-62(48)50-31-34-63-64(40-50)75(13,14)36-35-74(63,11)12)79-65-28-19-18-27-58(65)59-33-32-57(45-68(59)79)80-56-26-22-25-55(44-56)77-47-78(67-30-21-20-29-66(67)77)70-60(49-23-16-15-17-24-49)42-54(73(8,9)10)43-61(70)51-38-52(71(2,3)4)41-53(39-51)72(5,6)7/h15-34,37-46H,35-36H2,1-14H3/q+2/i1D3,15D,16D,17D,18D,19D,23D,24D,27D,28D. The van der Waals surface area contributed by atoms with Crippen molar-refractivity contribution < 1.29 is 21.2 Å². The fourth-order valence-corrected chi connectivity index (χ4v) is 11.5. The lowest BCUT2D eigenvalue weighted by Gasteiger charge is -2.42. The van der Waals surface area contributed by atoms with Crippen molar-refractivity contribution in [3.63, 3.8) is 0 Å². The minimum absolute atomic E-state index is 0.0406. The molecule has 0 amide bonds. The quantitative estimate of drug-likeness (QED) is 0.142. The van der Waals surface area contributed by atoms with Gasteiger partial charge in [0, 0.05) is 50.9 Å². The third kappa shape index (κ3) is 9.40. The summed E-state index contributed by atoms with van der Waals surface area (Å²) in [6.07, 6.45) is 3.56. The summed E-state index contributed by atoms with van der Waals surface area (Å²) in [5.41, 5.74) is 10.9. The van der Waals surface area contributed by atoms with Gasteiger partial charge in [-0.15, -0.1) is 0 Å². The third-order valence-corrected chi connectivity index (χ3v) is 16.5. The van der Waals surface area contributed by atoms with Crippen LogP contribution in [0.1, 0.15) is 153 Å². The Morgan fingerprint density at radius 2 is 1.16 bits per heavy atom. The third-order valence-electron chi connectivity index (χ3n) is 16.5. The van der Waals surface area contributed by atoms with E-state index in [1.165, 1.54) is 17.2 Å². The SMILES string of the molecule is [2H]c1c([2H])c([2H])c(-c2cc(C(C)(C)C)cc(-c3cc(C(C)(C)C)cc(C(C)(C)C)c3)c2[N+]2=C=[N+](c3cccc(Oc4ccc5c6c([2H])c([2H])c([2H])c([2H])c6n(-c6cc(C([2H])([2H])[2H])c(-c7ccc8c(c7)C(C)(C)CCC8(C)C)cn6)c5c4)c3)c3ccccc32)c([2H])c1[2H]. The van der Waals surface area contributed by atoms with Gasteiger partial charge in [-0.25, -0.2) is 4.98 Å². The highest BCUT2D eigenvalue weighted by Crippen LogP contribution is 2.50. The van der Waals surface area contributed by atoms with Gasteiger partial charge in [0.2, 0.25) is 11.4 Å². The van der Waals surface area contributed by atoms with Crippen LogP contribution in [0.3, 0.4) is 0 Å². The van der Waals surface area contributed by atoms with Gasteiger partial charge < -0.3 is 4.74 Å². The molecule has 400 valence electrons. The molecule has 1 aliphatic carbocycles. The molecular formula is C75H76N4O+2. The van der Waals surface area contributed by atoms with Crippen LogP contribution < -0.4 is 13.9 Å². The zero-order valence-electron chi connectivity index (χ0n) is 60.2. The molecule has 10 aromatic rings. The molecule has 5 heteroatoms. The van der Waals surface area contributed by atoms with Gasteiger partial charge in [0.25, 0.3) is 11.4 Å². The van der Waals surface area contributed by atoms with Gasteiger partial charge in [0.15, 0.2) is 0 Å². The summed E-state index contributed by atoms with van der Waals surface area (Å²) in [6, 6.07) is 39.3. The summed E-state index contributed by atoms with van der Waals surface area (Å²) in [7, 11) is 0. The second kappa shape index (κ2) is 19.0. The number of benzene rings is 8. The number of hydrogen-bond acceptors (Lipinski definition) is 2. The van der Waals surface area contributed by atoms with E-state index in [1.54, 1.807) is 29.0 Å². The molecule has 5 nitrogen and oxygen atoms in total. The van der Waals surface area contributed by atoms with Crippen molar-refractivity contribution >= 4 is 50.6 Å². The summed E-state index contributed by atoms with van der Waals surface area (Å²) < 4.78 is 121. The van der Waals surface area contributed by atoms with Gasteiger partial charge in [0.1, 0.15) is 17.3 Å². The molecule has 0 spiro atoms. The molecule has 0 atom stereocenters. The smallest absolute Gasteiger partial charge is 0.457 e. The van der Waals surface area contributed by atoms with Crippen molar-refractivity contribution in [3.8, 4) is 50.7 Å². The fraction of sp³-hybridized carbons (Fsp3) is 0.280. The number of pyridine rings is 1. The molecule has 1 aliphatic heterocycles. The molecule has 0 unspecified atom stereocenters. The Balaban J connectivity index is 1.05. The first kappa shape index (κ1) is 40.1. The van der Waals surface area contributed by atoms with E-state index >= 15 is 0 Å². The molecule has 2 aliphatic rings. The van der Waals surface area contributed by atoms with Crippen molar-refractivity contribution in [3.05, 3.63) is 215 Å². The maximum Gasteiger partial charge on any atom is 0.503 e. The Morgan fingerprint density at radius 3 is 1.85 bits per heavy atom. The van der Waals surface area contributed by atoms with E-state index in [1.807, 2.05) is 69.8 Å². The van der Waals surface area contributed by atoms with Crippen molar-refractivity contribution in [2.24, 2.45) is 0 Å². The van der Waals surface area contributed by atoms with Gasteiger partial charge in [-0.05, 0) is 148 Å². The van der Waals surface area contributed by atoms with E-state index in [-0.39, 0.29) is 73.7 Å². The van der Waals surface area contributed by atoms with E-state index in [9.17, 15) is 5.48 Å². The van der Waals surface area contributed by atoms with Gasteiger partial charge in [0.05, 0.1) is 40.6 Å². The Kier molecular flexibility index (Phi) is 9.54. The minimum atomic E-state index is -2.61. The molecule has 3 heterocycles. The minimum Gasteiger partial charge on any atom is -0.457 e. The molecular weight excluding hydrogens is 973 g/mol. The van der Waals surface area contributed by atoms with Crippen molar-refractivity contribution in [1.29, 1.82) is 0 Å². The Morgan fingerprint density at radius 1 is 0.537 bits per heavy atom. The van der Waals surface area contributed by atoms with E-state index in [4.69, 9.17) is 20.7 Å². The van der Waals surface area contributed by atoms with Crippen LogP contribution in [-0.2, 0) is 27.1 Å². The number of rotatable bonds is 8. The number of hydrogen-bond donors (Lipinski definition) is 0. The number of nitrogens with zero attached hydrogens (tertiary/aromatic N) is 4. The van der Waals surface area contributed by atoms with Crippen LogP contribution in [0.25, 0.3) is 61.0 Å². The molecule has 8 aromatic carbocycles. The molecule has 0 saturated carbocycles. The van der Waals surface area contributed by atoms with Crippen LogP contribution >= 0.6 is 0 Å². The number of para-hydroxylation sites is 3. The summed E-state index contributed by atoms with van der Waals surface area (Å²) in [5, 5.41) is 0.718. The number of aryl methyl sites for hydroxylation is 1. The van der Waals surface area contributed by atoms with Crippen molar-refractivity contribution in [2.75, 3.05) is 0 Å². The lowest BCUT2D eigenvalue weighted by atomic mass is 9.63. The molecule has 12 rings (SSSR count). The number of aromatic nitrogens is 2. The van der Waals surface area contributed by atoms with Crippen LogP contribution in [0.2, 0.25) is 0 Å². The zero-order chi connectivity index (χ0) is 66.6. The van der Waals surface area contributed by atoms with E-state index in [0.717, 1.165) is 51.9 Å². The molecule has 80 heavy (non-hydrogen) atoms. The van der Waals surface area contributed by atoms with Crippen LogP contribution in [0, 0.1) is 6.85 Å². The molecule has 0 fully saturated rings. The maximum atomic E-state index is 9.49. The summed E-state index contributed by atoms with van der Waals surface area (Å²) in [5.74, 6) is 0.907. The van der Waals surface area contributed by atoms with Crippen LogP contribution in [-0.4, -0.2) is 15.6 Å². The van der Waals surface area contributed by atoms with Gasteiger partial charge in [-0.1, -0.05) is 193 Å². The second-order valence-corrected chi connectivity index (χ2v) is 26.2. The van der Waals surface area contributed by atoms with E-state index in [2.05, 4.69) is 132 Å². The maximum absolute atomic E-state index is 9.49. The molecule has 2 aromatic heterocycles. The average Bonchev–Trinajstić information content (AvgIpc) is 1.46. The van der Waals surface area contributed by atoms with E-state index < -0.39 is 42.5 Å². The van der Waals surface area contributed by atoms with Crippen molar-refractivity contribution in [1.82, 2.24) is 18.7 Å². The predicted octanol–water partition coefficient (Wildman–Crippen LogP) is 20.4. The van der Waals surface area contributed by atoms with Gasteiger partial charge in [-0.3, -0.25) is 4.57 Å².